The van der Waals surface area contributed by atoms with E-state index in [2.05, 4.69) is 29.9 Å². The number of carbonyl (C=O) groups excluding carboxylic acids is 1. The lowest BCUT2D eigenvalue weighted by molar-refractivity contribution is -0.114. The van der Waals surface area contributed by atoms with E-state index >= 15 is 0 Å². The first-order valence-corrected chi connectivity index (χ1v) is 5.91. The molecule has 0 aliphatic carbocycles. The van der Waals surface area contributed by atoms with Crippen LogP contribution >= 0.6 is 12.6 Å². The average Bonchev–Trinajstić information content (AvgIpc) is 2.20. The van der Waals surface area contributed by atoms with E-state index in [4.69, 9.17) is 0 Å². The van der Waals surface area contributed by atoms with Crippen molar-refractivity contribution in [2.24, 2.45) is 0 Å². The van der Waals surface area contributed by atoms with E-state index in [1.54, 1.807) is 0 Å². The van der Waals surface area contributed by atoms with Gasteiger partial charge in [-0.1, -0.05) is 12.1 Å². The Morgan fingerprint density at radius 1 is 1.38 bits per heavy atom. The Bertz CT molecular complexity index is 337. The van der Waals surface area contributed by atoms with Gasteiger partial charge in [0, 0.05) is 31.5 Å². The second-order valence-corrected chi connectivity index (χ2v) is 4.29. The average molecular weight is 238 g/mol. The summed E-state index contributed by atoms with van der Waals surface area (Å²) in [6.07, 6.45) is 0. The Morgan fingerprint density at radius 3 is 2.50 bits per heavy atom. The van der Waals surface area contributed by atoms with Gasteiger partial charge in [-0.3, -0.25) is 4.79 Å². The van der Waals surface area contributed by atoms with Crippen LogP contribution in [0.1, 0.15) is 12.5 Å². The molecule has 0 saturated carbocycles. The van der Waals surface area contributed by atoms with Crippen molar-refractivity contribution in [2.45, 2.75) is 13.5 Å². The van der Waals surface area contributed by atoms with Crippen LogP contribution in [0.25, 0.3) is 0 Å². The number of nitrogens with zero attached hydrogens (tertiary/aromatic N) is 1. The first-order valence-electron chi connectivity index (χ1n) is 5.27. The van der Waals surface area contributed by atoms with Crippen molar-refractivity contribution in [1.29, 1.82) is 0 Å². The third-order valence-corrected chi connectivity index (χ3v) is 2.41. The highest BCUT2D eigenvalue weighted by molar-refractivity contribution is 7.80. The summed E-state index contributed by atoms with van der Waals surface area (Å²) in [5, 5.41) is 2.75. The van der Waals surface area contributed by atoms with Crippen LogP contribution in [0.5, 0.6) is 0 Å². The molecule has 88 valence electrons. The van der Waals surface area contributed by atoms with E-state index in [-0.39, 0.29) is 5.91 Å². The van der Waals surface area contributed by atoms with Gasteiger partial charge in [0.1, 0.15) is 0 Å². The van der Waals surface area contributed by atoms with Gasteiger partial charge in [0.05, 0.1) is 0 Å². The predicted molar refractivity (Wildman–Crippen MR) is 70.9 cm³/mol. The zero-order valence-electron chi connectivity index (χ0n) is 9.73. The van der Waals surface area contributed by atoms with E-state index in [9.17, 15) is 4.79 Å². The lowest BCUT2D eigenvalue weighted by Crippen LogP contribution is -2.20. The van der Waals surface area contributed by atoms with Crippen LogP contribution in [0, 0.1) is 0 Å². The maximum atomic E-state index is 10.8. The normalized spacial score (nSPS) is 10.5. The van der Waals surface area contributed by atoms with Crippen LogP contribution in [0.3, 0.4) is 0 Å². The van der Waals surface area contributed by atoms with Crippen molar-refractivity contribution in [2.75, 3.05) is 24.7 Å². The maximum absolute atomic E-state index is 10.8. The molecule has 0 heterocycles. The molecule has 3 nitrogen and oxygen atoms in total. The molecule has 1 aromatic rings. The van der Waals surface area contributed by atoms with Gasteiger partial charge in [0.2, 0.25) is 5.91 Å². The minimum Gasteiger partial charge on any atom is -0.326 e. The Balaban J connectivity index is 2.54. The minimum atomic E-state index is -0.0417. The third kappa shape index (κ3) is 4.68. The zero-order chi connectivity index (χ0) is 12.0. The molecular weight excluding hydrogens is 220 g/mol. The fourth-order valence-electron chi connectivity index (χ4n) is 1.46. The van der Waals surface area contributed by atoms with E-state index in [0.29, 0.717) is 0 Å². The number of benzene rings is 1. The monoisotopic (exact) mass is 238 g/mol. The van der Waals surface area contributed by atoms with Gasteiger partial charge in [-0.25, -0.2) is 0 Å². The molecule has 0 spiro atoms. The Hall–Kier alpha value is -1.00. The number of hydrogen-bond donors (Lipinski definition) is 2. The van der Waals surface area contributed by atoms with Gasteiger partial charge in [0.15, 0.2) is 0 Å². The molecule has 0 atom stereocenters. The summed E-state index contributed by atoms with van der Waals surface area (Å²) in [6.45, 7) is 3.38. The molecule has 0 aromatic heterocycles. The van der Waals surface area contributed by atoms with Crippen molar-refractivity contribution in [3.63, 3.8) is 0 Å². The summed E-state index contributed by atoms with van der Waals surface area (Å²) < 4.78 is 0. The highest BCUT2D eigenvalue weighted by atomic mass is 32.1. The second-order valence-electron chi connectivity index (χ2n) is 3.84. The fourth-order valence-corrected chi connectivity index (χ4v) is 1.80. The second kappa shape index (κ2) is 6.55. The number of amides is 1. The largest absolute Gasteiger partial charge is 0.326 e. The fraction of sp³-hybridized carbons (Fsp3) is 0.417. The van der Waals surface area contributed by atoms with Gasteiger partial charge < -0.3 is 10.2 Å². The first-order chi connectivity index (χ1) is 7.61. The molecule has 1 aromatic carbocycles. The highest BCUT2D eigenvalue weighted by Gasteiger charge is 2.00. The molecule has 1 amide bonds. The molecule has 0 fully saturated rings. The number of rotatable bonds is 5. The summed E-state index contributed by atoms with van der Waals surface area (Å²) >= 11 is 4.19. The lowest BCUT2D eigenvalue weighted by atomic mass is 10.2. The summed E-state index contributed by atoms with van der Waals surface area (Å²) in [4.78, 5) is 13.0. The van der Waals surface area contributed by atoms with Gasteiger partial charge >= 0.3 is 0 Å². The Kier molecular flexibility index (Phi) is 5.35. The van der Waals surface area contributed by atoms with Crippen LogP contribution in [-0.4, -0.2) is 30.2 Å². The van der Waals surface area contributed by atoms with Crippen LogP contribution in [0.4, 0.5) is 5.69 Å². The van der Waals surface area contributed by atoms with E-state index in [1.165, 1.54) is 12.5 Å². The number of thiol groups is 1. The van der Waals surface area contributed by atoms with E-state index in [0.717, 1.165) is 24.5 Å². The van der Waals surface area contributed by atoms with Crippen molar-refractivity contribution in [3.05, 3.63) is 29.8 Å². The molecular formula is C12H18N2OS. The van der Waals surface area contributed by atoms with Crippen LogP contribution < -0.4 is 5.32 Å². The highest BCUT2D eigenvalue weighted by Crippen LogP contribution is 2.10. The summed E-state index contributed by atoms with van der Waals surface area (Å²) in [6, 6.07) is 7.90. The van der Waals surface area contributed by atoms with Crippen molar-refractivity contribution >= 4 is 24.2 Å². The summed E-state index contributed by atoms with van der Waals surface area (Å²) in [5.74, 6) is 0.820. The number of carbonyl (C=O) groups is 1. The van der Waals surface area contributed by atoms with Crippen LogP contribution in [0.2, 0.25) is 0 Å². The Morgan fingerprint density at radius 2 is 2.00 bits per heavy atom. The van der Waals surface area contributed by atoms with Gasteiger partial charge in [-0.2, -0.15) is 12.6 Å². The van der Waals surface area contributed by atoms with Gasteiger partial charge in [0.25, 0.3) is 0 Å². The number of hydrogen-bond acceptors (Lipinski definition) is 3. The third-order valence-electron chi connectivity index (χ3n) is 2.21. The molecule has 4 heteroatoms. The molecule has 0 aliphatic heterocycles. The topological polar surface area (TPSA) is 32.3 Å². The number of anilines is 1. The van der Waals surface area contributed by atoms with Crippen molar-refractivity contribution in [1.82, 2.24) is 4.90 Å². The molecule has 0 aliphatic rings. The first kappa shape index (κ1) is 13.1. The molecule has 0 unspecified atom stereocenters. The van der Waals surface area contributed by atoms with Gasteiger partial charge in [-0.15, -0.1) is 0 Å². The standard InChI is InChI=1S/C12H18N2OS/c1-10(15)13-12-5-3-11(4-6-12)9-14(2)7-8-16/h3-6,16H,7-9H2,1-2H3,(H,13,15). The quantitative estimate of drug-likeness (QED) is 0.769. The maximum Gasteiger partial charge on any atom is 0.221 e. The zero-order valence-corrected chi connectivity index (χ0v) is 10.6. The summed E-state index contributed by atoms with van der Waals surface area (Å²) in [7, 11) is 2.07. The van der Waals surface area contributed by atoms with Gasteiger partial charge in [-0.05, 0) is 24.7 Å². The number of nitrogens with one attached hydrogen (secondary N) is 1. The molecule has 16 heavy (non-hydrogen) atoms. The molecule has 1 N–H and O–H groups in total. The van der Waals surface area contributed by atoms with E-state index < -0.39 is 0 Å². The lowest BCUT2D eigenvalue weighted by Gasteiger charge is -2.15. The molecule has 0 bridgehead atoms. The molecule has 1 rings (SSSR count). The Labute approximate surface area is 102 Å². The van der Waals surface area contributed by atoms with Crippen LogP contribution in [-0.2, 0) is 11.3 Å². The summed E-state index contributed by atoms with van der Waals surface area (Å²) in [5.41, 5.74) is 2.08. The molecule has 0 radical (unpaired) electrons. The van der Waals surface area contributed by atoms with Crippen molar-refractivity contribution in [3.8, 4) is 0 Å². The van der Waals surface area contributed by atoms with Crippen LogP contribution in [0.15, 0.2) is 24.3 Å². The minimum absolute atomic E-state index is 0.0417. The van der Waals surface area contributed by atoms with Crippen molar-refractivity contribution < 1.29 is 4.79 Å². The van der Waals surface area contributed by atoms with E-state index in [1.807, 2.05) is 24.3 Å². The SMILES string of the molecule is CC(=O)Nc1ccc(CN(C)CCS)cc1. The molecule has 0 saturated heterocycles. The predicted octanol–water partition coefficient (Wildman–Crippen LogP) is 2.01. The smallest absolute Gasteiger partial charge is 0.221 e.